The summed E-state index contributed by atoms with van der Waals surface area (Å²) in [6.07, 6.45) is 0. The van der Waals surface area contributed by atoms with Crippen molar-refractivity contribution in [2.45, 2.75) is 13.8 Å². The summed E-state index contributed by atoms with van der Waals surface area (Å²) in [5, 5.41) is 8.07. The van der Waals surface area contributed by atoms with Crippen molar-refractivity contribution in [1.29, 1.82) is 0 Å². The summed E-state index contributed by atoms with van der Waals surface area (Å²) in [5.41, 5.74) is 0.433. The second kappa shape index (κ2) is 11.1. The number of esters is 1. The number of methoxy groups -OCH3 is 1. The molecule has 13 heavy (non-hydrogen) atoms. The summed E-state index contributed by atoms with van der Waals surface area (Å²) in [6.45, 7) is 8.15. The Morgan fingerprint density at radius 3 is 2.15 bits per heavy atom. The fourth-order valence-corrected chi connectivity index (χ4v) is 0.383. The molecule has 0 spiro atoms. The SMILES string of the molecule is C=C(C)C(=O)OC.CCOCCO. The van der Waals surface area contributed by atoms with Crippen LogP contribution in [0.1, 0.15) is 13.8 Å². The van der Waals surface area contributed by atoms with Crippen LogP contribution in [-0.4, -0.2) is 38.0 Å². The van der Waals surface area contributed by atoms with Crippen molar-refractivity contribution < 1.29 is 19.4 Å². The van der Waals surface area contributed by atoms with Gasteiger partial charge in [0.15, 0.2) is 0 Å². The third-order valence-corrected chi connectivity index (χ3v) is 0.974. The predicted molar refractivity (Wildman–Crippen MR) is 50.4 cm³/mol. The molecule has 0 atom stereocenters. The van der Waals surface area contributed by atoms with Gasteiger partial charge in [0.2, 0.25) is 0 Å². The van der Waals surface area contributed by atoms with E-state index in [1.807, 2.05) is 6.92 Å². The smallest absolute Gasteiger partial charge is 0.332 e. The van der Waals surface area contributed by atoms with Gasteiger partial charge >= 0.3 is 5.97 Å². The largest absolute Gasteiger partial charge is 0.466 e. The maximum absolute atomic E-state index is 10.2. The van der Waals surface area contributed by atoms with Gasteiger partial charge in [-0.1, -0.05) is 6.58 Å². The molecule has 0 saturated carbocycles. The third-order valence-electron chi connectivity index (χ3n) is 0.974. The average molecular weight is 190 g/mol. The number of rotatable bonds is 4. The van der Waals surface area contributed by atoms with Crippen LogP contribution in [0.4, 0.5) is 0 Å². The highest BCUT2D eigenvalue weighted by atomic mass is 16.5. The number of hydrogen-bond acceptors (Lipinski definition) is 4. The standard InChI is InChI=1S/C5H8O2.C4H10O2/c1-4(2)5(6)7-3;1-2-6-4-3-5/h1H2,2-3H3;5H,2-4H2,1H3. The van der Waals surface area contributed by atoms with Gasteiger partial charge in [0.25, 0.3) is 0 Å². The van der Waals surface area contributed by atoms with Gasteiger partial charge in [-0.05, 0) is 13.8 Å². The summed E-state index contributed by atoms with van der Waals surface area (Å²) in [4.78, 5) is 10.2. The molecule has 0 rings (SSSR count). The molecule has 0 aromatic rings. The predicted octanol–water partition coefficient (Wildman–Crippen LogP) is 0.751. The highest BCUT2D eigenvalue weighted by Gasteiger charge is 1.95. The lowest BCUT2D eigenvalue weighted by atomic mass is 10.4. The summed E-state index contributed by atoms with van der Waals surface area (Å²) < 4.78 is 9.01. The molecule has 0 amide bonds. The summed E-state index contributed by atoms with van der Waals surface area (Å²) >= 11 is 0. The Kier molecular flexibility index (Phi) is 12.5. The van der Waals surface area contributed by atoms with Crippen LogP contribution in [0.15, 0.2) is 12.2 Å². The second-order valence-electron chi connectivity index (χ2n) is 2.19. The highest BCUT2D eigenvalue weighted by Crippen LogP contribution is 1.87. The number of hydrogen-bond donors (Lipinski definition) is 1. The van der Waals surface area contributed by atoms with Crippen LogP contribution in [0.25, 0.3) is 0 Å². The number of ether oxygens (including phenoxy) is 2. The molecule has 1 N–H and O–H groups in total. The van der Waals surface area contributed by atoms with E-state index in [4.69, 9.17) is 9.84 Å². The summed E-state index contributed by atoms with van der Waals surface area (Å²) in [7, 11) is 1.33. The van der Waals surface area contributed by atoms with E-state index in [1.54, 1.807) is 6.92 Å². The Labute approximate surface area is 79.2 Å². The van der Waals surface area contributed by atoms with E-state index in [1.165, 1.54) is 7.11 Å². The normalized spacial score (nSPS) is 8.31. The van der Waals surface area contributed by atoms with E-state index in [2.05, 4.69) is 11.3 Å². The van der Waals surface area contributed by atoms with Gasteiger partial charge in [-0.3, -0.25) is 0 Å². The highest BCUT2D eigenvalue weighted by molar-refractivity contribution is 5.86. The Morgan fingerprint density at radius 1 is 1.54 bits per heavy atom. The molecule has 0 bridgehead atoms. The maximum Gasteiger partial charge on any atom is 0.332 e. The molecule has 0 aliphatic heterocycles. The first kappa shape index (κ1) is 14.6. The first-order chi connectivity index (χ1) is 6.09. The van der Waals surface area contributed by atoms with Crippen molar-refractivity contribution in [3.63, 3.8) is 0 Å². The molecule has 0 radical (unpaired) electrons. The Hall–Kier alpha value is -0.870. The van der Waals surface area contributed by atoms with Gasteiger partial charge in [-0.25, -0.2) is 4.79 Å². The van der Waals surface area contributed by atoms with E-state index in [9.17, 15) is 4.79 Å². The van der Waals surface area contributed by atoms with Gasteiger partial charge in [0.05, 0.1) is 20.3 Å². The van der Waals surface area contributed by atoms with E-state index in [-0.39, 0.29) is 12.6 Å². The lowest BCUT2D eigenvalue weighted by molar-refractivity contribution is -0.136. The molecule has 0 aliphatic carbocycles. The van der Waals surface area contributed by atoms with Crippen molar-refractivity contribution in [2.75, 3.05) is 26.9 Å². The van der Waals surface area contributed by atoms with Gasteiger partial charge in [0, 0.05) is 12.2 Å². The molecule has 4 heteroatoms. The van der Waals surface area contributed by atoms with Crippen molar-refractivity contribution in [2.24, 2.45) is 0 Å². The second-order valence-corrected chi connectivity index (χ2v) is 2.19. The fraction of sp³-hybridized carbons (Fsp3) is 0.667. The molecule has 0 aliphatic rings. The van der Waals surface area contributed by atoms with Crippen LogP contribution in [-0.2, 0) is 14.3 Å². The Bertz CT molecular complexity index is 139. The van der Waals surface area contributed by atoms with Gasteiger partial charge in [-0.15, -0.1) is 0 Å². The zero-order chi connectivity index (χ0) is 10.7. The molecule has 78 valence electrons. The molecule has 0 heterocycles. The molecular formula is C9H18O4. The number of aliphatic hydroxyl groups excluding tert-OH is 1. The van der Waals surface area contributed by atoms with E-state index < -0.39 is 0 Å². The molecule has 0 unspecified atom stereocenters. The number of carbonyl (C=O) groups excluding carboxylic acids is 1. The van der Waals surface area contributed by atoms with Crippen molar-refractivity contribution in [3.05, 3.63) is 12.2 Å². The third kappa shape index (κ3) is 14.0. The van der Waals surface area contributed by atoms with Crippen LogP contribution in [0.2, 0.25) is 0 Å². The van der Waals surface area contributed by atoms with Crippen molar-refractivity contribution in [1.82, 2.24) is 0 Å². The molecule has 0 aromatic carbocycles. The molecule has 0 fully saturated rings. The summed E-state index contributed by atoms with van der Waals surface area (Å²) in [6, 6.07) is 0. The van der Waals surface area contributed by atoms with Crippen molar-refractivity contribution in [3.8, 4) is 0 Å². The monoisotopic (exact) mass is 190 g/mol. The minimum Gasteiger partial charge on any atom is -0.466 e. The first-order valence-electron chi connectivity index (χ1n) is 4.02. The molecule has 0 aromatic heterocycles. The molecule has 4 nitrogen and oxygen atoms in total. The average Bonchev–Trinajstić information content (AvgIpc) is 2.14. The van der Waals surface area contributed by atoms with Crippen LogP contribution in [0.3, 0.4) is 0 Å². The van der Waals surface area contributed by atoms with Crippen LogP contribution >= 0.6 is 0 Å². The van der Waals surface area contributed by atoms with Crippen LogP contribution < -0.4 is 0 Å². The number of aliphatic hydroxyl groups is 1. The van der Waals surface area contributed by atoms with Crippen LogP contribution in [0.5, 0.6) is 0 Å². The Balaban J connectivity index is 0. The van der Waals surface area contributed by atoms with Crippen molar-refractivity contribution >= 4 is 5.97 Å². The topological polar surface area (TPSA) is 55.8 Å². The van der Waals surface area contributed by atoms with Crippen LogP contribution in [0, 0.1) is 0 Å². The zero-order valence-corrected chi connectivity index (χ0v) is 8.50. The maximum atomic E-state index is 10.2. The lowest BCUT2D eigenvalue weighted by Crippen LogP contribution is -1.98. The van der Waals surface area contributed by atoms with Gasteiger partial charge in [-0.2, -0.15) is 0 Å². The summed E-state index contributed by atoms with van der Waals surface area (Å²) in [5.74, 6) is -0.347. The number of carbonyl (C=O) groups is 1. The quantitative estimate of drug-likeness (QED) is 0.404. The Morgan fingerprint density at radius 2 is 2.08 bits per heavy atom. The fourth-order valence-electron chi connectivity index (χ4n) is 0.383. The van der Waals surface area contributed by atoms with Gasteiger partial charge < -0.3 is 14.6 Å². The van der Waals surface area contributed by atoms with E-state index >= 15 is 0 Å². The minimum atomic E-state index is -0.347. The van der Waals surface area contributed by atoms with Gasteiger partial charge in [0.1, 0.15) is 0 Å². The first-order valence-corrected chi connectivity index (χ1v) is 4.02. The van der Waals surface area contributed by atoms with E-state index in [0.717, 1.165) is 0 Å². The lowest BCUT2D eigenvalue weighted by Gasteiger charge is -1.91. The molecule has 0 saturated heterocycles. The minimum absolute atomic E-state index is 0.133. The zero-order valence-electron chi connectivity index (χ0n) is 8.50. The molecular weight excluding hydrogens is 172 g/mol. The van der Waals surface area contributed by atoms with E-state index in [0.29, 0.717) is 18.8 Å².